The Kier molecular flexibility index (Phi) is 8.87. The molecule has 1 amide bonds. The summed E-state index contributed by atoms with van der Waals surface area (Å²) in [7, 11) is 1.60. The Morgan fingerprint density at radius 1 is 1.58 bits per heavy atom. The van der Waals surface area contributed by atoms with Gasteiger partial charge in [0.15, 0.2) is 0 Å². The average Bonchev–Trinajstić information content (AvgIpc) is 2.42. The maximum absolute atomic E-state index is 11.2. The molecule has 1 aliphatic heterocycles. The summed E-state index contributed by atoms with van der Waals surface area (Å²) in [5.41, 5.74) is 2.25. The predicted molar refractivity (Wildman–Crippen MR) is 75.1 cm³/mol. The van der Waals surface area contributed by atoms with Gasteiger partial charge in [0.25, 0.3) is 12.4 Å². The molecular formula is C14H22N2O3. The predicted octanol–water partition coefficient (Wildman–Crippen LogP) is 1.64. The van der Waals surface area contributed by atoms with Gasteiger partial charge in [-0.15, -0.1) is 0 Å². The van der Waals surface area contributed by atoms with Crippen molar-refractivity contribution < 1.29 is 14.3 Å². The van der Waals surface area contributed by atoms with Gasteiger partial charge in [-0.05, 0) is 25.0 Å². The van der Waals surface area contributed by atoms with Gasteiger partial charge in [-0.1, -0.05) is 19.9 Å². The van der Waals surface area contributed by atoms with Crippen molar-refractivity contribution in [2.24, 2.45) is 0 Å². The quantitative estimate of drug-likeness (QED) is 0.586. The molecule has 0 aromatic carbocycles. The molecule has 0 radical (unpaired) electrons. The van der Waals surface area contributed by atoms with E-state index in [1.165, 1.54) is 0 Å². The number of rotatable bonds is 5. The zero-order chi connectivity index (χ0) is 14.7. The molecule has 0 unspecified atom stereocenters. The van der Waals surface area contributed by atoms with Crippen molar-refractivity contribution in [2.75, 3.05) is 13.7 Å². The van der Waals surface area contributed by atoms with E-state index in [2.05, 4.69) is 21.9 Å². The third-order valence-corrected chi connectivity index (χ3v) is 2.33. The molecule has 0 saturated heterocycles. The summed E-state index contributed by atoms with van der Waals surface area (Å²) in [5.74, 6) is -0.111. The largest absolute Gasteiger partial charge is 0.468 e. The van der Waals surface area contributed by atoms with Crippen LogP contribution in [0.25, 0.3) is 0 Å². The first-order valence-electron chi connectivity index (χ1n) is 6.18. The zero-order valence-corrected chi connectivity index (χ0v) is 11.8. The lowest BCUT2D eigenvalue weighted by atomic mass is 10.1. The molecule has 0 fully saturated rings. The van der Waals surface area contributed by atoms with Crippen LogP contribution >= 0.6 is 0 Å². The van der Waals surface area contributed by atoms with Crippen molar-refractivity contribution in [3.05, 3.63) is 35.7 Å². The van der Waals surface area contributed by atoms with Crippen LogP contribution in [-0.4, -0.2) is 26.0 Å². The minimum Gasteiger partial charge on any atom is -0.468 e. The zero-order valence-electron chi connectivity index (χ0n) is 11.8. The van der Waals surface area contributed by atoms with Gasteiger partial charge in [0.05, 0.1) is 12.2 Å². The van der Waals surface area contributed by atoms with Crippen molar-refractivity contribution in [3.63, 3.8) is 0 Å². The fourth-order valence-electron chi connectivity index (χ4n) is 1.25. The molecular weight excluding hydrogens is 244 g/mol. The van der Waals surface area contributed by atoms with Crippen LogP contribution in [0.2, 0.25) is 0 Å². The van der Waals surface area contributed by atoms with Crippen LogP contribution < -0.4 is 10.6 Å². The molecule has 0 saturated carbocycles. The van der Waals surface area contributed by atoms with Gasteiger partial charge in [-0.3, -0.25) is 9.59 Å². The summed E-state index contributed by atoms with van der Waals surface area (Å²) in [4.78, 5) is 20.7. The van der Waals surface area contributed by atoms with Gasteiger partial charge in [-0.2, -0.15) is 0 Å². The molecule has 5 heteroatoms. The van der Waals surface area contributed by atoms with E-state index in [0.29, 0.717) is 24.3 Å². The van der Waals surface area contributed by atoms with E-state index in [0.717, 1.165) is 18.4 Å². The van der Waals surface area contributed by atoms with Crippen LogP contribution in [0.15, 0.2) is 35.7 Å². The minimum absolute atomic E-state index is 0.111. The first kappa shape index (κ1) is 17.0. The number of amides is 1. The number of unbranched alkanes of at least 4 members (excludes halogenated alkanes) is 1. The van der Waals surface area contributed by atoms with Crippen LogP contribution in [0.5, 0.6) is 0 Å². The van der Waals surface area contributed by atoms with Crippen molar-refractivity contribution in [1.82, 2.24) is 10.6 Å². The minimum atomic E-state index is -0.111. The lowest BCUT2D eigenvalue weighted by molar-refractivity contribution is -0.128. The van der Waals surface area contributed by atoms with Gasteiger partial charge in [0.2, 0.25) is 0 Å². The molecule has 0 spiro atoms. The molecule has 0 aromatic rings. The highest BCUT2D eigenvalue weighted by molar-refractivity contribution is 5.98. The second kappa shape index (κ2) is 9.94. The maximum Gasteiger partial charge on any atom is 0.293 e. The molecule has 0 aliphatic carbocycles. The van der Waals surface area contributed by atoms with Gasteiger partial charge in [0.1, 0.15) is 0 Å². The molecule has 0 bridgehead atoms. The number of hydrogen-bond acceptors (Lipinski definition) is 4. The molecule has 1 rings (SSSR count). The fourth-order valence-corrected chi connectivity index (χ4v) is 1.25. The average molecular weight is 266 g/mol. The van der Waals surface area contributed by atoms with Crippen molar-refractivity contribution >= 4 is 12.4 Å². The summed E-state index contributed by atoms with van der Waals surface area (Å²) in [6.07, 6.45) is 5.67. The smallest absolute Gasteiger partial charge is 0.293 e. The number of nitrogens with one attached hydrogen (secondary N) is 2. The summed E-state index contributed by atoms with van der Waals surface area (Å²) >= 11 is 0. The molecule has 106 valence electrons. The van der Waals surface area contributed by atoms with E-state index in [1.807, 2.05) is 20.0 Å². The Hall–Kier alpha value is -2.04. The van der Waals surface area contributed by atoms with E-state index in [4.69, 9.17) is 0 Å². The van der Waals surface area contributed by atoms with E-state index in [-0.39, 0.29) is 5.91 Å². The number of hydrogen-bond donors (Lipinski definition) is 2. The molecule has 1 aliphatic rings. The van der Waals surface area contributed by atoms with E-state index >= 15 is 0 Å². The number of ether oxygens (including phenoxy) is 1. The third-order valence-electron chi connectivity index (χ3n) is 2.33. The van der Waals surface area contributed by atoms with Crippen molar-refractivity contribution in [1.29, 1.82) is 0 Å². The SMILES string of the molecule is C=C1NC=C(C)C=C1C(=O)NC.CCCCOC=O. The summed E-state index contributed by atoms with van der Waals surface area (Å²) < 4.78 is 4.39. The van der Waals surface area contributed by atoms with Crippen LogP contribution in [0.4, 0.5) is 0 Å². The van der Waals surface area contributed by atoms with E-state index < -0.39 is 0 Å². The Morgan fingerprint density at radius 3 is 2.79 bits per heavy atom. The molecule has 0 aromatic heterocycles. The Labute approximate surface area is 114 Å². The van der Waals surface area contributed by atoms with Crippen LogP contribution in [-0.2, 0) is 14.3 Å². The van der Waals surface area contributed by atoms with Gasteiger partial charge < -0.3 is 15.4 Å². The van der Waals surface area contributed by atoms with Gasteiger partial charge in [0, 0.05) is 18.9 Å². The summed E-state index contributed by atoms with van der Waals surface area (Å²) in [5, 5.41) is 5.46. The summed E-state index contributed by atoms with van der Waals surface area (Å²) in [6.45, 7) is 8.73. The highest BCUT2D eigenvalue weighted by Crippen LogP contribution is 2.13. The first-order valence-corrected chi connectivity index (χ1v) is 6.18. The lowest BCUT2D eigenvalue weighted by Gasteiger charge is -2.14. The Bertz CT molecular complexity index is 384. The normalized spacial score (nSPS) is 13.1. The number of allylic oxidation sites excluding steroid dienone is 2. The fraction of sp³-hybridized carbons (Fsp3) is 0.429. The highest BCUT2D eigenvalue weighted by atomic mass is 16.5. The Morgan fingerprint density at radius 2 is 2.26 bits per heavy atom. The maximum atomic E-state index is 11.2. The number of carbonyl (C=O) groups is 2. The van der Waals surface area contributed by atoms with Crippen molar-refractivity contribution in [2.45, 2.75) is 26.7 Å². The number of dihydropyridines is 1. The second-order valence-corrected chi connectivity index (χ2v) is 3.97. The molecule has 0 atom stereocenters. The third kappa shape index (κ3) is 7.08. The van der Waals surface area contributed by atoms with Gasteiger partial charge in [-0.25, -0.2) is 0 Å². The first-order chi connectivity index (χ1) is 9.06. The van der Waals surface area contributed by atoms with E-state index in [9.17, 15) is 9.59 Å². The van der Waals surface area contributed by atoms with Crippen molar-refractivity contribution in [3.8, 4) is 0 Å². The lowest BCUT2D eigenvalue weighted by Crippen LogP contribution is -2.26. The Balaban J connectivity index is 0.000000399. The monoisotopic (exact) mass is 266 g/mol. The number of likely N-dealkylation sites (N-methyl/N-ethyl adjacent to an activating group) is 1. The molecule has 5 nitrogen and oxygen atoms in total. The van der Waals surface area contributed by atoms with Crippen LogP contribution in [0.1, 0.15) is 26.7 Å². The van der Waals surface area contributed by atoms with Gasteiger partial charge >= 0.3 is 0 Å². The topological polar surface area (TPSA) is 67.4 Å². The van der Waals surface area contributed by atoms with Crippen LogP contribution in [0, 0.1) is 0 Å². The molecule has 2 N–H and O–H groups in total. The van der Waals surface area contributed by atoms with E-state index in [1.54, 1.807) is 13.1 Å². The molecule has 19 heavy (non-hydrogen) atoms. The highest BCUT2D eigenvalue weighted by Gasteiger charge is 2.13. The number of carbonyl (C=O) groups excluding carboxylic acids is 2. The van der Waals surface area contributed by atoms with Crippen LogP contribution in [0.3, 0.4) is 0 Å². The standard InChI is InChI=1S/C9H12N2O.C5H10O2/c1-6-4-8(9(12)10-3)7(2)11-5-6;1-2-3-4-7-5-6/h4-5,11H,2H2,1,3H3,(H,10,12);5H,2-4H2,1H3. The molecule has 1 heterocycles. The second-order valence-electron chi connectivity index (χ2n) is 3.97. The summed E-state index contributed by atoms with van der Waals surface area (Å²) in [6, 6.07) is 0.